The first-order valence-corrected chi connectivity index (χ1v) is 9.76. The maximum absolute atomic E-state index is 12.7. The van der Waals surface area contributed by atoms with Gasteiger partial charge in [0.1, 0.15) is 12.6 Å². The molecule has 0 radical (unpaired) electrons. The molecule has 0 saturated heterocycles. The van der Waals surface area contributed by atoms with Crippen molar-refractivity contribution in [1.29, 1.82) is 0 Å². The van der Waals surface area contributed by atoms with Gasteiger partial charge in [0.05, 0.1) is 6.61 Å². The normalized spacial score (nSPS) is 11.5. The second kappa shape index (κ2) is 11.6. The SMILES string of the molecule is CC(C)COC(=O)OC(=O)[C@H](C)N(Cc1ccccc1)C(=O)OCc1ccccc1. The third-order valence-corrected chi connectivity index (χ3v) is 4.16. The number of nitrogens with zero attached hydrogens (tertiary/aromatic N) is 1. The van der Waals surface area contributed by atoms with Gasteiger partial charge in [-0.2, -0.15) is 0 Å². The van der Waals surface area contributed by atoms with E-state index in [1.54, 1.807) is 0 Å². The maximum Gasteiger partial charge on any atom is 0.516 e. The van der Waals surface area contributed by atoms with Gasteiger partial charge in [-0.3, -0.25) is 4.90 Å². The summed E-state index contributed by atoms with van der Waals surface area (Å²) in [6, 6.07) is 17.3. The smallest absolute Gasteiger partial charge is 0.445 e. The van der Waals surface area contributed by atoms with Crippen molar-refractivity contribution in [3.63, 3.8) is 0 Å². The van der Waals surface area contributed by atoms with E-state index in [9.17, 15) is 14.4 Å². The minimum atomic E-state index is -1.09. The average Bonchev–Trinajstić information content (AvgIpc) is 2.75. The van der Waals surface area contributed by atoms with Gasteiger partial charge in [0.25, 0.3) is 0 Å². The summed E-state index contributed by atoms with van der Waals surface area (Å²) < 4.78 is 15.0. The van der Waals surface area contributed by atoms with Gasteiger partial charge in [-0.25, -0.2) is 14.4 Å². The lowest BCUT2D eigenvalue weighted by atomic mass is 10.2. The minimum Gasteiger partial charge on any atom is -0.445 e. The summed E-state index contributed by atoms with van der Waals surface area (Å²) in [5.41, 5.74) is 1.62. The Morgan fingerprint density at radius 2 is 1.40 bits per heavy atom. The molecule has 2 aromatic carbocycles. The zero-order valence-corrected chi connectivity index (χ0v) is 17.4. The molecule has 0 fully saturated rings. The molecule has 7 heteroatoms. The number of hydrogen-bond donors (Lipinski definition) is 0. The van der Waals surface area contributed by atoms with Crippen molar-refractivity contribution < 1.29 is 28.6 Å². The molecule has 0 saturated carbocycles. The molecular weight excluding hydrogens is 386 g/mol. The molecule has 1 atom stereocenters. The van der Waals surface area contributed by atoms with Crippen LogP contribution in [0.5, 0.6) is 0 Å². The molecule has 0 heterocycles. The van der Waals surface area contributed by atoms with Crippen molar-refractivity contribution in [3.05, 3.63) is 71.8 Å². The predicted octanol–water partition coefficient (Wildman–Crippen LogP) is 4.55. The van der Waals surface area contributed by atoms with Gasteiger partial charge in [0.15, 0.2) is 0 Å². The van der Waals surface area contributed by atoms with Crippen molar-refractivity contribution in [2.75, 3.05) is 6.61 Å². The molecule has 0 unspecified atom stereocenters. The first kappa shape index (κ1) is 22.9. The number of rotatable bonds is 8. The molecule has 1 amide bonds. The molecule has 0 aromatic heterocycles. The minimum absolute atomic E-state index is 0.0587. The Hall–Kier alpha value is -3.35. The molecule has 30 heavy (non-hydrogen) atoms. The van der Waals surface area contributed by atoms with Gasteiger partial charge >= 0.3 is 18.2 Å². The fourth-order valence-electron chi connectivity index (χ4n) is 2.50. The van der Waals surface area contributed by atoms with Crippen LogP contribution in [0, 0.1) is 5.92 Å². The highest BCUT2D eigenvalue weighted by Crippen LogP contribution is 2.13. The van der Waals surface area contributed by atoms with Crippen LogP contribution in [-0.4, -0.2) is 35.8 Å². The molecule has 2 rings (SSSR count). The highest BCUT2D eigenvalue weighted by molar-refractivity contribution is 5.87. The summed E-state index contributed by atoms with van der Waals surface area (Å²) in [4.78, 5) is 38.1. The van der Waals surface area contributed by atoms with Crippen LogP contribution >= 0.6 is 0 Å². The Balaban J connectivity index is 2.06. The summed E-state index contributed by atoms with van der Waals surface area (Å²) >= 11 is 0. The molecule has 7 nitrogen and oxygen atoms in total. The number of esters is 1. The second-order valence-electron chi connectivity index (χ2n) is 7.21. The maximum atomic E-state index is 12.7. The fraction of sp³-hybridized carbons (Fsp3) is 0.348. The Morgan fingerprint density at radius 1 is 0.833 bits per heavy atom. The van der Waals surface area contributed by atoms with Crippen LogP contribution in [0.4, 0.5) is 9.59 Å². The molecule has 160 valence electrons. The van der Waals surface area contributed by atoms with Gasteiger partial charge in [-0.15, -0.1) is 0 Å². The predicted molar refractivity (Wildman–Crippen MR) is 110 cm³/mol. The lowest BCUT2D eigenvalue weighted by Crippen LogP contribution is -2.44. The van der Waals surface area contributed by atoms with E-state index < -0.39 is 24.3 Å². The van der Waals surface area contributed by atoms with E-state index in [0.29, 0.717) is 0 Å². The highest BCUT2D eigenvalue weighted by Gasteiger charge is 2.30. The van der Waals surface area contributed by atoms with Crippen LogP contribution in [0.25, 0.3) is 0 Å². The number of carbonyl (C=O) groups is 3. The molecule has 0 aliphatic rings. The van der Waals surface area contributed by atoms with E-state index in [0.717, 1.165) is 11.1 Å². The van der Waals surface area contributed by atoms with Crippen LogP contribution in [-0.2, 0) is 32.2 Å². The summed E-state index contributed by atoms with van der Waals surface area (Å²) in [7, 11) is 0. The first-order valence-electron chi connectivity index (χ1n) is 9.76. The van der Waals surface area contributed by atoms with Gasteiger partial charge in [0, 0.05) is 6.54 Å². The highest BCUT2D eigenvalue weighted by atomic mass is 16.7. The number of hydrogen-bond acceptors (Lipinski definition) is 6. The van der Waals surface area contributed by atoms with Crippen molar-refractivity contribution >= 4 is 18.2 Å². The summed E-state index contributed by atoms with van der Waals surface area (Å²) in [6.07, 6.45) is -1.78. The summed E-state index contributed by atoms with van der Waals surface area (Å²) in [5.74, 6) is -0.788. The van der Waals surface area contributed by atoms with Gasteiger partial charge in [-0.05, 0) is 24.0 Å². The van der Waals surface area contributed by atoms with Gasteiger partial charge in [-0.1, -0.05) is 74.5 Å². The van der Waals surface area contributed by atoms with E-state index in [1.165, 1.54) is 11.8 Å². The number of benzene rings is 2. The van der Waals surface area contributed by atoms with Crippen molar-refractivity contribution in [1.82, 2.24) is 4.90 Å². The number of amides is 1. The molecule has 0 N–H and O–H groups in total. The standard InChI is InChI=1S/C23H27NO6/c1-17(2)15-29-23(27)30-21(25)18(3)24(14-19-10-6-4-7-11-19)22(26)28-16-20-12-8-5-9-13-20/h4-13,17-18H,14-16H2,1-3H3/t18-/m0/s1. The van der Waals surface area contributed by atoms with E-state index in [4.69, 9.17) is 14.2 Å². The molecule has 0 aliphatic heterocycles. The van der Waals surface area contributed by atoms with Crippen LogP contribution < -0.4 is 0 Å². The molecule has 2 aromatic rings. The summed E-state index contributed by atoms with van der Waals surface area (Å²) in [6.45, 7) is 5.51. The van der Waals surface area contributed by atoms with E-state index in [2.05, 4.69) is 0 Å². The third-order valence-electron chi connectivity index (χ3n) is 4.16. The Kier molecular flexibility index (Phi) is 8.87. The van der Waals surface area contributed by atoms with Crippen molar-refractivity contribution in [3.8, 4) is 0 Å². The van der Waals surface area contributed by atoms with Crippen LogP contribution in [0.3, 0.4) is 0 Å². The zero-order chi connectivity index (χ0) is 21.9. The Morgan fingerprint density at radius 3 is 1.97 bits per heavy atom. The van der Waals surface area contributed by atoms with Crippen molar-refractivity contribution in [2.45, 2.75) is 40.0 Å². The lowest BCUT2D eigenvalue weighted by Gasteiger charge is -2.27. The molecule has 0 aliphatic carbocycles. The van der Waals surface area contributed by atoms with Gasteiger partial charge < -0.3 is 14.2 Å². The second-order valence-corrected chi connectivity index (χ2v) is 7.21. The first-order chi connectivity index (χ1) is 14.4. The average molecular weight is 413 g/mol. The summed E-state index contributed by atoms with van der Waals surface area (Å²) in [5, 5.41) is 0. The van der Waals surface area contributed by atoms with E-state index in [1.807, 2.05) is 74.5 Å². The third kappa shape index (κ3) is 7.58. The number of ether oxygens (including phenoxy) is 3. The van der Waals surface area contributed by atoms with Crippen molar-refractivity contribution in [2.24, 2.45) is 5.92 Å². The van der Waals surface area contributed by atoms with E-state index >= 15 is 0 Å². The van der Waals surface area contributed by atoms with Gasteiger partial charge in [0.2, 0.25) is 0 Å². The molecule has 0 spiro atoms. The fourth-order valence-corrected chi connectivity index (χ4v) is 2.50. The van der Waals surface area contributed by atoms with E-state index in [-0.39, 0.29) is 25.7 Å². The topological polar surface area (TPSA) is 82.1 Å². The quantitative estimate of drug-likeness (QED) is 0.466. The van der Waals surface area contributed by atoms with Crippen LogP contribution in [0.1, 0.15) is 31.9 Å². The zero-order valence-electron chi connectivity index (χ0n) is 17.4. The number of carbonyl (C=O) groups excluding carboxylic acids is 3. The molecular formula is C23H27NO6. The molecule has 0 bridgehead atoms. The van der Waals surface area contributed by atoms with Crippen LogP contribution in [0.15, 0.2) is 60.7 Å². The monoisotopic (exact) mass is 413 g/mol. The lowest BCUT2D eigenvalue weighted by molar-refractivity contribution is -0.145. The largest absolute Gasteiger partial charge is 0.516 e. The Bertz CT molecular complexity index is 822. The van der Waals surface area contributed by atoms with Crippen LogP contribution in [0.2, 0.25) is 0 Å². The Labute approximate surface area is 176 Å².